The molecule has 0 radical (unpaired) electrons. The fraction of sp³-hybridized carbons (Fsp3) is 0.364. The van der Waals surface area contributed by atoms with Gasteiger partial charge in [-0.1, -0.05) is 24.3 Å². The van der Waals surface area contributed by atoms with E-state index in [0.717, 1.165) is 30.0 Å². The summed E-state index contributed by atoms with van der Waals surface area (Å²) in [6, 6.07) is 5.69. The van der Waals surface area contributed by atoms with Crippen molar-refractivity contribution in [2.75, 3.05) is 31.6 Å². The second kappa shape index (κ2) is 10.5. The third-order valence-electron chi connectivity index (χ3n) is 5.52. The third-order valence-corrected chi connectivity index (χ3v) is 7.41. The highest BCUT2D eigenvalue weighted by atomic mass is 35.5. The number of carbonyl (C=O) groups excluding carboxylic acids is 2. The van der Waals surface area contributed by atoms with Gasteiger partial charge in [-0.15, -0.1) is 22.7 Å². The fourth-order valence-electron chi connectivity index (χ4n) is 3.80. The molecule has 0 aromatic carbocycles. The molecule has 0 spiro atoms. The Bertz CT molecular complexity index is 1130. The molecule has 1 amide bonds. The highest BCUT2D eigenvalue weighted by Gasteiger charge is 2.28. The van der Waals surface area contributed by atoms with Gasteiger partial charge in [0.2, 0.25) is 0 Å². The Labute approximate surface area is 205 Å². The van der Waals surface area contributed by atoms with Gasteiger partial charge in [0.05, 0.1) is 20.5 Å². The van der Waals surface area contributed by atoms with Crippen molar-refractivity contribution in [2.45, 2.75) is 25.2 Å². The van der Waals surface area contributed by atoms with E-state index in [1.807, 2.05) is 30.1 Å². The largest absolute Gasteiger partial charge is 0.445 e. The lowest BCUT2D eigenvalue weighted by molar-refractivity contribution is 0.0942. The zero-order valence-electron chi connectivity index (χ0n) is 18.1. The summed E-state index contributed by atoms with van der Waals surface area (Å²) in [6.45, 7) is 4.98. The topological polar surface area (TPSA) is 80.6 Å². The van der Waals surface area contributed by atoms with Gasteiger partial charge in [0.25, 0.3) is 5.91 Å². The lowest BCUT2D eigenvalue weighted by Gasteiger charge is -2.19. The summed E-state index contributed by atoms with van der Waals surface area (Å²) in [5.74, 6) is 0.481. The van der Waals surface area contributed by atoms with Crippen molar-refractivity contribution in [3.8, 4) is 0 Å². The number of carbonyl (C=O) groups is 2. The molecule has 0 N–H and O–H groups in total. The number of hydrogen-bond donors (Lipinski definition) is 0. The van der Waals surface area contributed by atoms with Crippen molar-refractivity contribution in [1.82, 2.24) is 19.7 Å². The second-order valence-corrected chi connectivity index (χ2v) is 10.0. The maximum Gasteiger partial charge on any atom is 0.410 e. The van der Waals surface area contributed by atoms with Crippen molar-refractivity contribution in [3.05, 3.63) is 57.5 Å². The van der Waals surface area contributed by atoms with Gasteiger partial charge < -0.3 is 14.5 Å². The first-order valence-electron chi connectivity index (χ1n) is 10.5. The Morgan fingerprint density at radius 3 is 2.91 bits per heavy atom. The summed E-state index contributed by atoms with van der Waals surface area (Å²) in [6.07, 6.45) is 3.66. The predicted octanol–water partition coefficient (Wildman–Crippen LogP) is 5.40. The molecule has 11 heteroatoms. The number of thiophene rings is 1. The fourth-order valence-corrected chi connectivity index (χ4v) is 5.33. The minimum atomic E-state index is -0.324. The van der Waals surface area contributed by atoms with Gasteiger partial charge in [0, 0.05) is 37.5 Å². The van der Waals surface area contributed by atoms with Crippen LogP contribution in [0.4, 0.5) is 15.6 Å². The number of rotatable bonds is 6. The zero-order chi connectivity index (χ0) is 23.4. The highest BCUT2D eigenvalue weighted by molar-refractivity contribution is 7.20. The normalized spacial score (nSPS) is 16.3. The molecule has 0 saturated carbocycles. The van der Waals surface area contributed by atoms with Crippen LogP contribution in [-0.2, 0) is 4.74 Å². The van der Waals surface area contributed by atoms with E-state index >= 15 is 0 Å². The van der Waals surface area contributed by atoms with Crippen LogP contribution in [0.2, 0.25) is 4.34 Å². The van der Waals surface area contributed by atoms with Gasteiger partial charge in [-0.2, -0.15) is 9.78 Å². The van der Waals surface area contributed by atoms with E-state index in [1.54, 1.807) is 21.9 Å². The molecule has 0 aliphatic carbocycles. The summed E-state index contributed by atoms with van der Waals surface area (Å²) in [5.41, 5.74) is 2.81. The van der Waals surface area contributed by atoms with Crippen LogP contribution in [0, 0.1) is 0 Å². The number of halogens is 1. The number of amides is 1. The van der Waals surface area contributed by atoms with Crippen LogP contribution in [0.5, 0.6) is 0 Å². The number of ether oxygens (including phenoxy) is 1. The Morgan fingerprint density at radius 1 is 1.36 bits per heavy atom. The summed E-state index contributed by atoms with van der Waals surface area (Å²) < 4.78 is 7.27. The number of nitrogens with zero attached hydrogens (tertiary/aromatic N) is 5. The average molecular weight is 506 g/mol. The molecule has 33 heavy (non-hydrogen) atoms. The molecule has 3 aromatic heterocycles. The molecule has 4 rings (SSSR count). The van der Waals surface area contributed by atoms with Gasteiger partial charge in [0.15, 0.2) is 0 Å². The van der Waals surface area contributed by atoms with Crippen LogP contribution < -0.4 is 4.90 Å². The summed E-state index contributed by atoms with van der Waals surface area (Å²) in [7, 11) is 1.89. The Balaban J connectivity index is 1.60. The van der Waals surface area contributed by atoms with E-state index < -0.39 is 0 Å². The van der Waals surface area contributed by atoms with Crippen molar-refractivity contribution < 1.29 is 14.3 Å². The van der Waals surface area contributed by atoms with Crippen molar-refractivity contribution >= 4 is 57.1 Å². The van der Waals surface area contributed by atoms with Crippen LogP contribution in [-0.4, -0.2) is 58.4 Å². The van der Waals surface area contributed by atoms with Gasteiger partial charge >= 0.3 is 6.09 Å². The molecule has 174 valence electrons. The van der Waals surface area contributed by atoms with Gasteiger partial charge in [-0.3, -0.25) is 4.79 Å². The highest BCUT2D eigenvalue weighted by Crippen LogP contribution is 2.36. The summed E-state index contributed by atoms with van der Waals surface area (Å²) in [5, 5.41) is 7.33. The van der Waals surface area contributed by atoms with E-state index in [1.165, 1.54) is 27.4 Å². The molecule has 0 bridgehead atoms. The lowest BCUT2D eigenvalue weighted by Crippen LogP contribution is -2.32. The molecule has 4 heterocycles. The van der Waals surface area contributed by atoms with E-state index in [9.17, 15) is 9.59 Å². The molecule has 1 unspecified atom stereocenters. The molecule has 1 saturated heterocycles. The molecule has 3 aromatic rings. The quantitative estimate of drug-likeness (QED) is 0.417. The molecule has 8 nitrogen and oxygen atoms in total. The van der Waals surface area contributed by atoms with E-state index in [-0.39, 0.29) is 24.5 Å². The maximum absolute atomic E-state index is 13.2. The lowest BCUT2D eigenvalue weighted by atomic mass is 9.97. The maximum atomic E-state index is 13.2. The Hall–Kier alpha value is -2.69. The molecule has 1 atom stereocenters. The van der Waals surface area contributed by atoms with E-state index in [2.05, 4.69) is 11.6 Å². The summed E-state index contributed by atoms with van der Waals surface area (Å²) >= 11 is 8.93. The molecular weight excluding hydrogens is 482 g/mol. The van der Waals surface area contributed by atoms with Crippen molar-refractivity contribution in [2.24, 2.45) is 0 Å². The molecule has 1 aliphatic rings. The Kier molecular flexibility index (Phi) is 7.46. The standard InChI is InChI=1S/C22H24ClN5O3S2/c1-3-11-31-22(30)27-9-4-5-15(8-10-27)16-12-19(26(2)20-7-6-18(23)33-20)28(25-16)21(29)17-13-32-14-24-17/h3,6-7,12-15H,1,4-5,8-11H2,2H3. The molecule has 1 aliphatic heterocycles. The van der Waals surface area contributed by atoms with E-state index in [4.69, 9.17) is 21.4 Å². The van der Waals surface area contributed by atoms with E-state index in [0.29, 0.717) is 28.9 Å². The number of anilines is 2. The molecular formula is C22H24ClN5O3S2. The van der Waals surface area contributed by atoms with Gasteiger partial charge in [-0.25, -0.2) is 9.78 Å². The second-order valence-electron chi connectivity index (χ2n) is 7.64. The predicted molar refractivity (Wildman–Crippen MR) is 131 cm³/mol. The van der Waals surface area contributed by atoms with Crippen LogP contribution in [0.3, 0.4) is 0 Å². The SMILES string of the molecule is C=CCOC(=O)N1CCCC(c2cc(N(C)c3ccc(Cl)s3)n(C(=O)c3cscn3)n2)CC1. The van der Waals surface area contributed by atoms with Crippen LogP contribution in [0.25, 0.3) is 0 Å². The van der Waals surface area contributed by atoms with Crippen LogP contribution in [0.1, 0.15) is 41.4 Å². The van der Waals surface area contributed by atoms with Crippen LogP contribution >= 0.6 is 34.3 Å². The summed E-state index contributed by atoms with van der Waals surface area (Å²) in [4.78, 5) is 33.2. The van der Waals surface area contributed by atoms with Gasteiger partial charge in [0.1, 0.15) is 18.1 Å². The van der Waals surface area contributed by atoms with Crippen molar-refractivity contribution in [1.29, 1.82) is 0 Å². The minimum Gasteiger partial charge on any atom is -0.445 e. The van der Waals surface area contributed by atoms with Crippen LogP contribution in [0.15, 0.2) is 41.7 Å². The zero-order valence-corrected chi connectivity index (χ0v) is 20.5. The number of thiazole rings is 1. The number of likely N-dealkylation sites (tertiary alicyclic amines) is 1. The number of hydrogen-bond acceptors (Lipinski definition) is 8. The van der Waals surface area contributed by atoms with Gasteiger partial charge in [-0.05, 0) is 31.4 Å². The van der Waals surface area contributed by atoms with Crippen molar-refractivity contribution in [3.63, 3.8) is 0 Å². The first-order chi connectivity index (χ1) is 16.0. The third kappa shape index (κ3) is 5.29. The monoisotopic (exact) mass is 505 g/mol. The Morgan fingerprint density at radius 2 is 2.21 bits per heavy atom. The molecule has 1 fully saturated rings. The first-order valence-corrected chi connectivity index (χ1v) is 12.7. The smallest absolute Gasteiger partial charge is 0.410 e. The average Bonchev–Trinajstić information content (AvgIpc) is 3.55. The first kappa shape index (κ1) is 23.5. The minimum absolute atomic E-state index is 0.116. The number of aromatic nitrogens is 3.